The Morgan fingerprint density at radius 1 is 1.55 bits per heavy atom. The van der Waals surface area contributed by atoms with Crippen molar-refractivity contribution < 1.29 is 24.7 Å². The van der Waals surface area contributed by atoms with E-state index >= 15 is 0 Å². The van der Waals surface area contributed by atoms with Gasteiger partial charge in [0.2, 0.25) is 0 Å². The molecule has 0 N–H and O–H groups in total. The van der Waals surface area contributed by atoms with E-state index in [-0.39, 0.29) is 0 Å². The Kier molecular flexibility index (Phi) is 3.31. The van der Waals surface area contributed by atoms with Gasteiger partial charge in [-0.25, -0.2) is 0 Å². The SMILES string of the molecule is CCC1=CC(C(C)C)[C]([Zr])=C1. The molecule has 0 saturated carbocycles. The molecule has 1 aliphatic carbocycles. The van der Waals surface area contributed by atoms with Gasteiger partial charge in [0.25, 0.3) is 0 Å². The van der Waals surface area contributed by atoms with Crippen LogP contribution in [0, 0.1) is 11.8 Å². The number of allylic oxidation sites excluding steroid dienone is 4. The number of rotatable bonds is 2. The maximum atomic E-state index is 2.44. The van der Waals surface area contributed by atoms with Gasteiger partial charge in [-0.15, -0.1) is 0 Å². The molecule has 0 bridgehead atoms. The summed E-state index contributed by atoms with van der Waals surface area (Å²) in [7, 11) is 0. The molecule has 1 atom stereocenters. The Morgan fingerprint density at radius 2 is 2.18 bits per heavy atom. The van der Waals surface area contributed by atoms with E-state index in [1.807, 2.05) is 0 Å². The molecule has 0 amide bonds. The van der Waals surface area contributed by atoms with Crippen LogP contribution in [-0.2, 0) is 24.7 Å². The van der Waals surface area contributed by atoms with Crippen molar-refractivity contribution >= 4 is 0 Å². The van der Waals surface area contributed by atoms with E-state index in [4.69, 9.17) is 0 Å². The topological polar surface area (TPSA) is 0 Å². The summed E-state index contributed by atoms with van der Waals surface area (Å²) in [4.78, 5) is 0. The molecule has 59 valence electrons. The summed E-state index contributed by atoms with van der Waals surface area (Å²) in [5, 5.41) is 0. The van der Waals surface area contributed by atoms with Crippen molar-refractivity contribution in [3.63, 3.8) is 0 Å². The second-order valence-electron chi connectivity index (χ2n) is 3.46. The zero-order valence-corrected chi connectivity index (χ0v) is 9.97. The molecule has 0 radical (unpaired) electrons. The third-order valence-electron chi connectivity index (χ3n) is 2.22. The fourth-order valence-electron chi connectivity index (χ4n) is 1.44. The molecule has 0 aliphatic heterocycles. The summed E-state index contributed by atoms with van der Waals surface area (Å²) < 4.78 is 1.63. The zero-order chi connectivity index (χ0) is 8.43. The average molecular weight is 226 g/mol. The molecule has 0 spiro atoms. The molecular formula is C10H15Zr. The van der Waals surface area contributed by atoms with Crippen molar-refractivity contribution in [2.24, 2.45) is 11.8 Å². The third kappa shape index (κ3) is 2.15. The van der Waals surface area contributed by atoms with Gasteiger partial charge in [-0.2, -0.15) is 0 Å². The predicted molar refractivity (Wildman–Crippen MR) is 44.8 cm³/mol. The molecule has 0 saturated heterocycles. The van der Waals surface area contributed by atoms with Crippen molar-refractivity contribution in [2.75, 3.05) is 0 Å². The summed E-state index contributed by atoms with van der Waals surface area (Å²) in [6.07, 6.45) is 6.01. The molecule has 0 aromatic heterocycles. The van der Waals surface area contributed by atoms with Gasteiger partial charge in [-0.3, -0.25) is 0 Å². The van der Waals surface area contributed by atoms with E-state index in [1.165, 1.54) is 12.0 Å². The third-order valence-corrected chi connectivity index (χ3v) is 3.39. The van der Waals surface area contributed by atoms with Crippen LogP contribution in [0.25, 0.3) is 0 Å². The number of hydrogen-bond acceptors (Lipinski definition) is 0. The quantitative estimate of drug-likeness (QED) is 0.679. The van der Waals surface area contributed by atoms with Gasteiger partial charge in [0.05, 0.1) is 0 Å². The van der Waals surface area contributed by atoms with E-state index in [0.29, 0.717) is 0 Å². The first-order chi connectivity index (χ1) is 5.15. The Hall–Kier alpha value is 0.363. The van der Waals surface area contributed by atoms with Crippen LogP contribution in [0.15, 0.2) is 21.0 Å². The van der Waals surface area contributed by atoms with E-state index < -0.39 is 0 Å². The Balaban J connectivity index is 2.73. The van der Waals surface area contributed by atoms with Crippen LogP contribution in [0.1, 0.15) is 27.2 Å². The molecule has 11 heavy (non-hydrogen) atoms. The zero-order valence-electron chi connectivity index (χ0n) is 7.52. The van der Waals surface area contributed by atoms with Crippen LogP contribution in [-0.4, -0.2) is 0 Å². The van der Waals surface area contributed by atoms with Gasteiger partial charge in [-0.1, -0.05) is 0 Å². The van der Waals surface area contributed by atoms with E-state index in [1.54, 1.807) is 28.0 Å². The molecule has 1 unspecified atom stereocenters. The number of hydrogen-bond donors (Lipinski definition) is 0. The minimum absolute atomic E-state index is 0.753. The van der Waals surface area contributed by atoms with Crippen molar-refractivity contribution in [1.29, 1.82) is 0 Å². The van der Waals surface area contributed by atoms with Crippen molar-refractivity contribution in [3.8, 4) is 0 Å². The molecule has 1 rings (SSSR count). The van der Waals surface area contributed by atoms with Crippen molar-refractivity contribution in [1.82, 2.24) is 0 Å². The summed E-state index contributed by atoms with van der Waals surface area (Å²) in [6.45, 7) is 6.84. The van der Waals surface area contributed by atoms with E-state index in [0.717, 1.165) is 11.8 Å². The normalized spacial score (nSPS) is 23.7. The Bertz CT molecular complexity index is 199. The first-order valence-electron chi connectivity index (χ1n) is 4.29. The van der Waals surface area contributed by atoms with E-state index in [2.05, 4.69) is 32.9 Å². The van der Waals surface area contributed by atoms with Crippen LogP contribution in [0.2, 0.25) is 0 Å². The van der Waals surface area contributed by atoms with E-state index in [9.17, 15) is 0 Å². The minimum atomic E-state index is 0.753. The molecule has 0 heterocycles. The average Bonchev–Trinajstić information content (AvgIpc) is 2.30. The molecule has 0 fully saturated rings. The van der Waals surface area contributed by atoms with Gasteiger partial charge in [0.15, 0.2) is 0 Å². The van der Waals surface area contributed by atoms with Crippen LogP contribution >= 0.6 is 0 Å². The fourth-order valence-corrected chi connectivity index (χ4v) is 2.92. The van der Waals surface area contributed by atoms with Crippen molar-refractivity contribution in [3.05, 3.63) is 21.0 Å². The molecule has 1 heteroatoms. The molecule has 0 aromatic rings. The first kappa shape index (κ1) is 9.45. The van der Waals surface area contributed by atoms with Gasteiger partial charge in [-0.05, 0) is 0 Å². The van der Waals surface area contributed by atoms with Gasteiger partial charge < -0.3 is 0 Å². The van der Waals surface area contributed by atoms with Gasteiger partial charge >= 0.3 is 84.8 Å². The molecular weight excluding hydrogens is 211 g/mol. The summed E-state index contributed by atoms with van der Waals surface area (Å²) in [5.74, 6) is 1.53. The monoisotopic (exact) mass is 225 g/mol. The summed E-state index contributed by atoms with van der Waals surface area (Å²) in [6, 6.07) is 0. The molecule has 1 aliphatic rings. The Labute approximate surface area is 84.6 Å². The van der Waals surface area contributed by atoms with Crippen LogP contribution in [0.3, 0.4) is 0 Å². The second-order valence-corrected chi connectivity index (χ2v) is 4.88. The Morgan fingerprint density at radius 3 is 2.45 bits per heavy atom. The van der Waals surface area contributed by atoms with Crippen LogP contribution < -0.4 is 0 Å². The summed E-state index contributed by atoms with van der Waals surface area (Å²) >= 11 is 1.59. The van der Waals surface area contributed by atoms with Gasteiger partial charge in [0.1, 0.15) is 0 Å². The first-order valence-corrected chi connectivity index (χ1v) is 5.52. The van der Waals surface area contributed by atoms with Gasteiger partial charge in [0, 0.05) is 0 Å². The fraction of sp³-hybridized carbons (Fsp3) is 0.600. The van der Waals surface area contributed by atoms with Crippen LogP contribution in [0.4, 0.5) is 0 Å². The van der Waals surface area contributed by atoms with Crippen LogP contribution in [0.5, 0.6) is 0 Å². The maximum absolute atomic E-state index is 2.44. The van der Waals surface area contributed by atoms with Crippen molar-refractivity contribution in [2.45, 2.75) is 27.2 Å². The molecule has 0 aromatic carbocycles. The predicted octanol–water partition coefficient (Wildman–Crippen LogP) is 3.04. The summed E-state index contributed by atoms with van der Waals surface area (Å²) in [5.41, 5.74) is 1.54. The standard InChI is InChI=1S/C10H15.Zr/c1-4-9-5-6-10(7-9)8(2)3;/h5,7-8,10H,4H2,1-3H3;. The molecule has 0 nitrogen and oxygen atoms in total. The second kappa shape index (κ2) is 3.85.